The number of rotatable bonds is 4. The largest absolute Gasteiger partial charge is 0.507 e. The molecule has 0 bridgehead atoms. The number of halogens is 1. The van der Waals surface area contributed by atoms with Crippen LogP contribution in [-0.4, -0.2) is 24.1 Å². The second-order valence-electron chi connectivity index (χ2n) is 3.23. The van der Waals surface area contributed by atoms with Crippen molar-refractivity contribution in [2.24, 2.45) is 5.73 Å². The zero-order valence-electron chi connectivity index (χ0n) is 9.22. The van der Waals surface area contributed by atoms with Crippen LogP contribution in [0.25, 0.3) is 6.08 Å². The third-order valence-electron chi connectivity index (χ3n) is 1.91. The van der Waals surface area contributed by atoms with Crippen molar-refractivity contribution in [2.45, 2.75) is 0 Å². The molecule has 6 N–H and O–H groups in total. The summed E-state index contributed by atoms with van der Waals surface area (Å²) in [6.45, 7) is 0.815. The van der Waals surface area contributed by atoms with Crippen LogP contribution in [0.3, 0.4) is 0 Å². The van der Waals surface area contributed by atoms with Crippen LogP contribution < -0.4 is 16.8 Å². The van der Waals surface area contributed by atoms with E-state index in [0.717, 1.165) is 0 Å². The second kappa shape index (κ2) is 7.54. The van der Waals surface area contributed by atoms with Crippen molar-refractivity contribution in [3.63, 3.8) is 0 Å². The summed E-state index contributed by atoms with van der Waals surface area (Å²) >= 11 is 0. The number of nitrogen functional groups attached to an aromatic ring is 1. The Morgan fingerprint density at radius 1 is 1.47 bits per heavy atom. The van der Waals surface area contributed by atoms with Crippen molar-refractivity contribution in [1.82, 2.24) is 5.32 Å². The maximum Gasteiger partial charge on any atom is 0.244 e. The van der Waals surface area contributed by atoms with Crippen LogP contribution >= 0.6 is 12.4 Å². The lowest BCUT2D eigenvalue weighted by Gasteiger charge is -2.01. The number of carbonyl (C=O) groups excluding carboxylic acids is 1. The SMILES string of the molecule is Cl.NCCNC(=O)/C=C/c1cc(N)ccc1O. The Hall–Kier alpha value is -1.72. The van der Waals surface area contributed by atoms with Crippen molar-refractivity contribution in [3.05, 3.63) is 29.8 Å². The highest BCUT2D eigenvalue weighted by atomic mass is 35.5. The van der Waals surface area contributed by atoms with E-state index >= 15 is 0 Å². The fourth-order valence-corrected chi connectivity index (χ4v) is 1.13. The van der Waals surface area contributed by atoms with Gasteiger partial charge in [-0.3, -0.25) is 4.79 Å². The zero-order chi connectivity index (χ0) is 12.0. The minimum absolute atomic E-state index is 0. The maximum atomic E-state index is 11.2. The molecular weight excluding hydrogens is 242 g/mol. The van der Waals surface area contributed by atoms with E-state index < -0.39 is 0 Å². The lowest BCUT2D eigenvalue weighted by Crippen LogP contribution is -2.27. The number of benzene rings is 1. The molecule has 0 radical (unpaired) electrons. The number of hydrogen-bond acceptors (Lipinski definition) is 4. The first-order valence-electron chi connectivity index (χ1n) is 4.88. The van der Waals surface area contributed by atoms with Crippen LogP contribution in [0.2, 0.25) is 0 Å². The van der Waals surface area contributed by atoms with E-state index in [1.807, 2.05) is 0 Å². The first-order chi connectivity index (χ1) is 7.63. The molecule has 1 rings (SSSR count). The Morgan fingerprint density at radius 2 is 2.18 bits per heavy atom. The van der Waals surface area contributed by atoms with Crippen molar-refractivity contribution in [2.75, 3.05) is 18.8 Å². The first-order valence-corrected chi connectivity index (χ1v) is 4.88. The average Bonchev–Trinajstić information content (AvgIpc) is 2.27. The van der Waals surface area contributed by atoms with Gasteiger partial charge in [-0.1, -0.05) is 0 Å². The van der Waals surface area contributed by atoms with Gasteiger partial charge in [0.2, 0.25) is 5.91 Å². The summed E-state index contributed by atoms with van der Waals surface area (Å²) < 4.78 is 0. The molecule has 1 amide bonds. The summed E-state index contributed by atoms with van der Waals surface area (Å²) in [5, 5.41) is 12.0. The number of carbonyl (C=O) groups is 1. The molecule has 0 saturated heterocycles. The topological polar surface area (TPSA) is 101 Å². The Morgan fingerprint density at radius 3 is 2.82 bits per heavy atom. The van der Waals surface area contributed by atoms with Crippen LogP contribution in [0.5, 0.6) is 5.75 Å². The molecule has 5 nitrogen and oxygen atoms in total. The van der Waals surface area contributed by atoms with E-state index in [0.29, 0.717) is 24.3 Å². The summed E-state index contributed by atoms with van der Waals surface area (Å²) in [6, 6.07) is 4.65. The molecule has 1 aromatic rings. The van der Waals surface area contributed by atoms with Gasteiger partial charge in [0.1, 0.15) is 5.75 Å². The van der Waals surface area contributed by atoms with Crippen molar-refractivity contribution >= 4 is 30.1 Å². The molecular formula is C11H16ClN3O2. The van der Waals surface area contributed by atoms with E-state index in [1.54, 1.807) is 12.1 Å². The van der Waals surface area contributed by atoms with Gasteiger partial charge in [-0.05, 0) is 24.3 Å². The molecule has 0 atom stereocenters. The predicted octanol–water partition coefficient (Wildman–Crippen LogP) is 0.484. The molecule has 94 valence electrons. The highest BCUT2D eigenvalue weighted by Gasteiger charge is 1.98. The molecule has 0 aliphatic rings. The summed E-state index contributed by atoms with van der Waals surface area (Å²) in [6.07, 6.45) is 2.82. The minimum atomic E-state index is -0.257. The van der Waals surface area contributed by atoms with Gasteiger partial charge in [0.05, 0.1) is 0 Å². The van der Waals surface area contributed by atoms with E-state index in [4.69, 9.17) is 11.5 Å². The van der Waals surface area contributed by atoms with Gasteiger partial charge >= 0.3 is 0 Å². The van der Waals surface area contributed by atoms with Crippen molar-refractivity contribution in [1.29, 1.82) is 0 Å². The van der Waals surface area contributed by atoms with E-state index in [-0.39, 0.29) is 24.1 Å². The van der Waals surface area contributed by atoms with E-state index in [9.17, 15) is 9.90 Å². The predicted molar refractivity (Wildman–Crippen MR) is 70.9 cm³/mol. The quantitative estimate of drug-likeness (QED) is 0.358. The Kier molecular flexibility index (Phi) is 6.77. The fraction of sp³-hybridized carbons (Fsp3) is 0.182. The second-order valence-corrected chi connectivity index (χ2v) is 3.23. The number of hydrogen-bond donors (Lipinski definition) is 4. The molecule has 0 saturated carbocycles. The third-order valence-corrected chi connectivity index (χ3v) is 1.91. The van der Waals surface area contributed by atoms with Crippen LogP contribution in [0.1, 0.15) is 5.56 Å². The Labute approximate surface area is 106 Å². The van der Waals surface area contributed by atoms with E-state index in [2.05, 4.69) is 5.32 Å². The molecule has 0 heterocycles. The monoisotopic (exact) mass is 257 g/mol. The summed E-state index contributed by atoms with van der Waals surface area (Å²) in [7, 11) is 0. The molecule has 0 fully saturated rings. The fourth-order valence-electron chi connectivity index (χ4n) is 1.13. The molecule has 0 spiro atoms. The maximum absolute atomic E-state index is 11.2. The summed E-state index contributed by atoms with van der Waals surface area (Å²) in [4.78, 5) is 11.2. The van der Waals surface area contributed by atoms with Gasteiger partial charge in [0.25, 0.3) is 0 Å². The third kappa shape index (κ3) is 5.24. The van der Waals surface area contributed by atoms with Gasteiger partial charge < -0.3 is 21.9 Å². The molecule has 6 heteroatoms. The number of nitrogens with one attached hydrogen (secondary N) is 1. The van der Waals surface area contributed by atoms with Crippen LogP contribution in [-0.2, 0) is 4.79 Å². The van der Waals surface area contributed by atoms with Gasteiger partial charge in [0, 0.05) is 30.4 Å². The molecule has 17 heavy (non-hydrogen) atoms. The summed E-state index contributed by atoms with van der Waals surface area (Å²) in [5.74, 6) is -0.177. The highest BCUT2D eigenvalue weighted by Crippen LogP contribution is 2.20. The normalized spacial score (nSPS) is 9.94. The minimum Gasteiger partial charge on any atom is -0.507 e. The Bertz CT molecular complexity index is 408. The van der Waals surface area contributed by atoms with Crippen LogP contribution in [0, 0.1) is 0 Å². The van der Waals surface area contributed by atoms with Crippen LogP contribution in [0.4, 0.5) is 5.69 Å². The van der Waals surface area contributed by atoms with Crippen molar-refractivity contribution in [3.8, 4) is 5.75 Å². The summed E-state index contributed by atoms with van der Waals surface area (Å²) in [5.41, 5.74) is 11.8. The van der Waals surface area contributed by atoms with Crippen LogP contribution in [0.15, 0.2) is 24.3 Å². The average molecular weight is 258 g/mol. The van der Waals surface area contributed by atoms with Gasteiger partial charge in [-0.25, -0.2) is 0 Å². The first kappa shape index (κ1) is 15.3. The Balaban J connectivity index is 0.00000256. The highest BCUT2D eigenvalue weighted by molar-refractivity contribution is 5.92. The lowest BCUT2D eigenvalue weighted by molar-refractivity contribution is -0.116. The number of phenolic OH excluding ortho intramolecular Hbond substituents is 1. The van der Waals surface area contributed by atoms with E-state index in [1.165, 1.54) is 18.2 Å². The molecule has 0 unspecified atom stereocenters. The van der Waals surface area contributed by atoms with Gasteiger partial charge in [-0.15, -0.1) is 12.4 Å². The van der Waals surface area contributed by atoms with Crippen molar-refractivity contribution < 1.29 is 9.90 Å². The number of nitrogens with two attached hydrogens (primary N) is 2. The van der Waals surface area contributed by atoms with Gasteiger partial charge in [0.15, 0.2) is 0 Å². The number of phenols is 1. The van der Waals surface area contributed by atoms with Gasteiger partial charge in [-0.2, -0.15) is 0 Å². The molecule has 1 aromatic carbocycles. The number of anilines is 1. The zero-order valence-corrected chi connectivity index (χ0v) is 10.0. The standard InChI is InChI=1S/C11H15N3O2.ClH/c12-5-6-14-11(16)4-1-8-7-9(13)2-3-10(8)15;/h1-4,7,15H,5-6,12-13H2,(H,14,16);1H/b4-1+;. The number of aromatic hydroxyl groups is 1. The number of amides is 1. The molecule has 0 aliphatic heterocycles. The molecule has 0 aromatic heterocycles. The smallest absolute Gasteiger partial charge is 0.244 e. The lowest BCUT2D eigenvalue weighted by atomic mass is 10.1. The molecule has 0 aliphatic carbocycles.